The van der Waals surface area contributed by atoms with Crippen LogP contribution in [0.5, 0.6) is 0 Å². The van der Waals surface area contributed by atoms with Gasteiger partial charge in [0, 0.05) is 19.2 Å². The second-order valence-corrected chi connectivity index (χ2v) is 7.03. The average Bonchev–Trinajstić information content (AvgIpc) is 2.95. The minimum absolute atomic E-state index is 0.0921. The zero-order chi connectivity index (χ0) is 18.6. The van der Waals surface area contributed by atoms with E-state index in [1.165, 1.54) is 5.56 Å². The molecule has 0 aliphatic carbocycles. The van der Waals surface area contributed by atoms with E-state index in [0.29, 0.717) is 0 Å². The molecule has 6 nitrogen and oxygen atoms in total. The van der Waals surface area contributed by atoms with Crippen LogP contribution >= 0.6 is 11.3 Å². The fourth-order valence-corrected chi connectivity index (χ4v) is 3.54. The zero-order valence-electron chi connectivity index (χ0n) is 14.9. The van der Waals surface area contributed by atoms with Gasteiger partial charge in [0.15, 0.2) is 0 Å². The summed E-state index contributed by atoms with van der Waals surface area (Å²) in [6.45, 7) is 6.04. The van der Waals surface area contributed by atoms with Crippen LogP contribution in [0.25, 0.3) is 10.6 Å². The molecule has 1 heterocycles. The van der Waals surface area contributed by atoms with Crippen molar-refractivity contribution in [3.63, 3.8) is 0 Å². The third kappa shape index (κ3) is 4.79. The number of urea groups is 1. The Bertz CT molecular complexity index is 755. The van der Waals surface area contributed by atoms with Crippen molar-refractivity contribution in [1.29, 1.82) is 0 Å². The average molecular weight is 361 g/mol. The van der Waals surface area contributed by atoms with Crippen LogP contribution in [-0.4, -0.2) is 40.6 Å². The van der Waals surface area contributed by atoms with Crippen LogP contribution in [-0.2, 0) is 4.79 Å². The number of thiazole rings is 1. The number of carboxylic acids is 1. The number of aromatic nitrogens is 1. The van der Waals surface area contributed by atoms with Crippen LogP contribution in [0.4, 0.5) is 4.79 Å². The van der Waals surface area contributed by atoms with E-state index in [-0.39, 0.29) is 25.0 Å². The van der Waals surface area contributed by atoms with Crippen molar-refractivity contribution in [1.82, 2.24) is 15.2 Å². The topological polar surface area (TPSA) is 82.5 Å². The number of aliphatic carboxylic acids is 1. The summed E-state index contributed by atoms with van der Waals surface area (Å²) in [5.41, 5.74) is 3.16. The molecule has 2 N–H and O–H groups in total. The van der Waals surface area contributed by atoms with Gasteiger partial charge in [0.25, 0.3) is 0 Å². The molecule has 7 heteroatoms. The highest BCUT2D eigenvalue weighted by atomic mass is 32.1. The fraction of sp³-hybridized carbons (Fsp3) is 0.389. The van der Waals surface area contributed by atoms with Crippen LogP contribution in [0.15, 0.2) is 24.3 Å². The minimum Gasteiger partial charge on any atom is -0.481 e. The number of rotatable bonds is 6. The first-order valence-electron chi connectivity index (χ1n) is 8.06. The molecule has 1 atom stereocenters. The summed E-state index contributed by atoms with van der Waals surface area (Å²) in [6.07, 6.45) is -0.0921. The Morgan fingerprint density at radius 2 is 1.92 bits per heavy atom. The molecule has 2 amide bonds. The summed E-state index contributed by atoms with van der Waals surface area (Å²) in [7, 11) is 1.70. The van der Waals surface area contributed by atoms with Gasteiger partial charge in [-0.25, -0.2) is 9.78 Å². The van der Waals surface area contributed by atoms with Crippen LogP contribution in [0, 0.1) is 13.8 Å². The SMILES string of the molecule is Cc1ccc(-c2nc(C)c(C(C)N(C)C(=O)NCCC(=O)O)s2)cc1. The van der Waals surface area contributed by atoms with Crippen LogP contribution in [0.1, 0.15) is 35.5 Å². The molecule has 0 bridgehead atoms. The van der Waals surface area contributed by atoms with E-state index in [0.717, 1.165) is 21.1 Å². The molecular weight excluding hydrogens is 338 g/mol. The van der Waals surface area contributed by atoms with Gasteiger partial charge in [0.1, 0.15) is 5.01 Å². The summed E-state index contributed by atoms with van der Waals surface area (Å²) in [5, 5.41) is 12.2. The molecule has 0 aliphatic rings. The highest BCUT2D eigenvalue weighted by Gasteiger charge is 2.22. The first-order valence-corrected chi connectivity index (χ1v) is 8.88. The molecule has 2 rings (SSSR count). The van der Waals surface area contributed by atoms with E-state index in [9.17, 15) is 9.59 Å². The molecule has 2 aromatic rings. The molecule has 134 valence electrons. The second kappa shape index (κ2) is 8.11. The van der Waals surface area contributed by atoms with Crippen molar-refractivity contribution in [2.24, 2.45) is 0 Å². The first-order chi connectivity index (χ1) is 11.8. The van der Waals surface area contributed by atoms with E-state index < -0.39 is 5.97 Å². The van der Waals surface area contributed by atoms with Gasteiger partial charge < -0.3 is 15.3 Å². The molecule has 0 spiro atoms. The van der Waals surface area contributed by atoms with Crippen LogP contribution in [0.2, 0.25) is 0 Å². The predicted molar refractivity (Wildman–Crippen MR) is 98.9 cm³/mol. The molecule has 25 heavy (non-hydrogen) atoms. The molecule has 1 aromatic heterocycles. The van der Waals surface area contributed by atoms with Gasteiger partial charge in [-0.1, -0.05) is 29.8 Å². The summed E-state index contributed by atoms with van der Waals surface area (Å²) < 4.78 is 0. The lowest BCUT2D eigenvalue weighted by Crippen LogP contribution is -2.39. The van der Waals surface area contributed by atoms with E-state index >= 15 is 0 Å². The maximum atomic E-state index is 12.2. The Labute approximate surface area is 151 Å². The van der Waals surface area contributed by atoms with Crippen molar-refractivity contribution in [2.75, 3.05) is 13.6 Å². The van der Waals surface area contributed by atoms with Gasteiger partial charge in [0.2, 0.25) is 0 Å². The largest absolute Gasteiger partial charge is 0.481 e. The number of hydrogen-bond acceptors (Lipinski definition) is 4. The first kappa shape index (κ1) is 18.9. The van der Waals surface area contributed by atoms with Gasteiger partial charge in [-0.3, -0.25) is 4.79 Å². The van der Waals surface area contributed by atoms with Gasteiger partial charge in [0.05, 0.1) is 23.0 Å². The lowest BCUT2D eigenvalue weighted by molar-refractivity contribution is -0.136. The molecule has 0 aliphatic heterocycles. The van der Waals surface area contributed by atoms with Gasteiger partial charge >= 0.3 is 12.0 Å². The Kier molecular flexibility index (Phi) is 6.14. The predicted octanol–water partition coefficient (Wildman–Crippen LogP) is 3.60. The van der Waals surface area contributed by atoms with E-state index in [4.69, 9.17) is 5.11 Å². The van der Waals surface area contributed by atoms with Gasteiger partial charge in [-0.15, -0.1) is 11.3 Å². The normalized spacial score (nSPS) is 11.8. The van der Waals surface area contributed by atoms with Crippen LogP contribution < -0.4 is 5.32 Å². The summed E-state index contributed by atoms with van der Waals surface area (Å²) in [6, 6.07) is 7.75. The fourth-order valence-electron chi connectivity index (χ4n) is 2.37. The Hall–Kier alpha value is -2.41. The number of nitrogens with one attached hydrogen (secondary N) is 1. The minimum atomic E-state index is -0.933. The van der Waals surface area contributed by atoms with Gasteiger partial charge in [-0.2, -0.15) is 0 Å². The lowest BCUT2D eigenvalue weighted by Gasteiger charge is -2.24. The number of carbonyl (C=O) groups excluding carboxylic acids is 1. The third-order valence-electron chi connectivity index (χ3n) is 4.03. The van der Waals surface area contributed by atoms with E-state index in [1.807, 2.05) is 32.9 Å². The summed E-state index contributed by atoms with van der Waals surface area (Å²) in [5.74, 6) is -0.933. The van der Waals surface area contributed by atoms with Crippen LogP contribution in [0.3, 0.4) is 0 Å². The number of aryl methyl sites for hydroxylation is 2. The number of carbonyl (C=O) groups is 2. The van der Waals surface area contributed by atoms with Crippen molar-refractivity contribution in [3.05, 3.63) is 40.4 Å². The van der Waals surface area contributed by atoms with E-state index in [2.05, 4.69) is 22.4 Å². The van der Waals surface area contributed by atoms with E-state index in [1.54, 1.807) is 23.3 Å². The molecular formula is C18H23N3O3S. The molecule has 1 aromatic carbocycles. The molecule has 0 saturated carbocycles. The van der Waals surface area contributed by atoms with Crippen molar-refractivity contribution in [2.45, 2.75) is 33.2 Å². The standard InChI is InChI=1S/C18H23N3O3S/c1-11-5-7-14(8-6-11)17-20-12(2)16(25-17)13(3)21(4)18(24)19-10-9-15(22)23/h5-8,13H,9-10H2,1-4H3,(H,19,24)(H,22,23). The maximum Gasteiger partial charge on any atom is 0.317 e. The number of nitrogens with zero attached hydrogens (tertiary/aromatic N) is 2. The molecule has 0 saturated heterocycles. The Morgan fingerprint density at radius 1 is 1.28 bits per heavy atom. The summed E-state index contributed by atoms with van der Waals surface area (Å²) in [4.78, 5) is 29.9. The van der Waals surface area contributed by atoms with Gasteiger partial charge in [-0.05, 0) is 20.8 Å². The Morgan fingerprint density at radius 3 is 2.52 bits per heavy atom. The van der Waals surface area contributed by atoms with Crippen molar-refractivity contribution >= 4 is 23.3 Å². The monoisotopic (exact) mass is 361 g/mol. The second-order valence-electron chi connectivity index (χ2n) is 6.00. The van der Waals surface area contributed by atoms with Crippen molar-refractivity contribution in [3.8, 4) is 10.6 Å². The van der Waals surface area contributed by atoms with Crippen molar-refractivity contribution < 1.29 is 14.7 Å². The zero-order valence-corrected chi connectivity index (χ0v) is 15.7. The highest BCUT2D eigenvalue weighted by molar-refractivity contribution is 7.15. The maximum absolute atomic E-state index is 12.2. The third-order valence-corrected chi connectivity index (χ3v) is 5.40. The smallest absolute Gasteiger partial charge is 0.317 e. The quantitative estimate of drug-likeness (QED) is 0.823. The summed E-state index contributed by atoms with van der Waals surface area (Å²) >= 11 is 1.57. The lowest BCUT2D eigenvalue weighted by atomic mass is 10.2. The Balaban J connectivity index is 2.10. The number of benzene rings is 1. The molecule has 0 fully saturated rings. The number of carboxylic acid groups (broad SMARTS) is 1. The number of hydrogen-bond donors (Lipinski definition) is 2. The molecule has 0 radical (unpaired) electrons. The highest BCUT2D eigenvalue weighted by Crippen LogP contribution is 2.33. The number of amides is 2. The molecule has 1 unspecified atom stereocenters.